The zero-order chi connectivity index (χ0) is 10.5. The van der Waals surface area contributed by atoms with E-state index in [0.717, 1.165) is 6.54 Å². The lowest BCUT2D eigenvalue weighted by molar-refractivity contribution is 0.512. The highest BCUT2D eigenvalue weighted by Gasteiger charge is 2.46. The fraction of sp³-hybridized carbons (Fsp3) is 0.538. The summed E-state index contributed by atoms with van der Waals surface area (Å²) in [6.07, 6.45) is 3.55. The van der Waals surface area contributed by atoms with Gasteiger partial charge >= 0.3 is 0 Å². The number of hydrogen-bond donors (Lipinski definition) is 1. The highest BCUT2D eigenvalue weighted by atomic mass is 15.2. The van der Waals surface area contributed by atoms with Crippen molar-refractivity contribution in [3.8, 4) is 0 Å². The van der Waals surface area contributed by atoms with Crippen molar-refractivity contribution in [2.45, 2.75) is 37.8 Å². The van der Waals surface area contributed by atoms with Crippen LogP contribution in [-0.4, -0.2) is 18.1 Å². The van der Waals surface area contributed by atoms with Gasteiger partial charge in [-0.05, 0) is 37.8 Å². The highest BCUT2D eigenvalue weighted by molar-refractivity contribution is 5.59. The molecule has 1 aromatic carbocycles. The van der Waals surface area contributed by atoms with Crippen LogP contribution in [0.15, 0.2) is 24.3 Å². The number of nitrogens with two attached hydrogens (primary N) is 1. The summed E-state index contributed by atoms with van der Waals surface area (Å²) in [6.45, 7) is 3.41. The van der Waals surface area contributed by atoms with Crippen molar-refractivity contribution < 1.29 is 0 Å². The van der Waals surface area contributed by atoms with Gasteiger partial charge in [0, 0.05) is 23.8 Å². The van der Waals surface area contributed by atoms with Gasteiger partial charge in [0.05, 0.1) is 0 Å². The molecule has 2 nitrogen and oxygen atoms in total. The fourth-order valence-electron chi connectivity index (χ4n) is 2.64. The summed E-state index contributed by atoms with van der Waals surface area (Å²) in [6, 6.07) is 9.20. The van der Waals surface area contributed by atoms with E-state index in [1.165, 1.54) is 30.5 Å². The Kier molecular flexibility index (Phi) is 1.84. The highest BCUT2D eigenvalue weighted by Crippen LogP contribution is 2.41. The van der Waals surface area contributed by atoms with Crippen LogP contribution < -0.4 is 10.6 Å². The largest absolute Gasteiger partial charge is 0.366 e. The monoisotopic (exact) mass is 202 g/mol. The Hall–Kier alpha value is -1.02. The lowest BCUT2D eigenvalue weighted by Crippen LogP contribution is -2.47. The van der Waals surface area contributed by atoms with Crippen LogP contribution in [0.25, 0.3) is 0 Å². The number of fused-ring (bicyclic) bond motifs is 1. The average Bonchev–Trinajstić information content (AvgIpc) is 2.87. The summed E-state index contributed by atoms with van der Waals surface area (Å²) in [5.74, 6) is 0. The van der Waals surface area contributed by atoms with Crippen LogP contribution in [0.4, 0.5) is 5.69 Å². The number of rotatable bonds is 2. The molecular formula is C13H18N2. The Bertz CT molecular complexity index is 382. The zero-order valence-corrected chi connectivity index (χ0v) is 9.24. The number of benzene rings is 1. The predicted molar refractivity (Wildman–Crippen MR) is 63.1 cm³/mol. The van der Waals surface area contributed by atoms with Gasteiger partial charge in [-0.3, -0.25) is 0 Å². The molecular weight excluding hydrogens is 184 g/mol. The van der Waals surface area contributed by atoms with Gasteiger partial charge in [0.1, 0.15) is 0 Å². The predicted octanol–water partition coefficient (Wildman–Crippen LogP) is 1.93. The van der Waals surface area contributed by atoms with Gasteiger partial charge in [-0.15, -0.1) is 0 Å². The molecule has 1 aliphatic carbocycles. The maximum atomic E-state index is 6.29. The molecule has 1 heterocycles. The first-order chi connectivity index (χ1) is 7.21. The maximum absolute atomic E-state index is 6.29. The molecule has 80 valence electrons. The topological polar surface area (TPSA) is 29.3 Å². The third kappa shape index (κ3) is 1.36. The Morgan fingerprint density at radius 2 is 2.07 bits per heavy atom. The van der Waals surface area contributed by atoms with Crippen LogP contribution in [0.1, 0.15) is 25.3 Å². The summed E-state index contributed by atoms with van der Waals surface area (Å²) in [5, 5.41) is 0. The van der Waals surface area contributed by atoms with Gasteiger partial charge in [0.25, 0.3) is 0 Å². The molecule has 0 aromatic heterocycles. The van der Waals surface area contributed by atoms with Crippen LogP contribution in [0.3, 0.4) is 0 Å². The van der Waals surface area contributed by atoms with E-state index in [9.17, 15) is 0 Å². The number of para-hydroxylation sites is 1. The third-order valence-corrected chi connectivity index (χ3v) is 4.05. The first-order valence-corrected chi connectivity index (χ1v) is 5.84. The SMILES string of the molecule is CC(N1CCc2ccccc21)C1(N)CC1. The molecule has 1 fully saturated rings. The molecule has 0 saturated heterocycles. The smallest absolute Gasteiger partial charge is 0.0441 e. The van der Waals surface area contributed by atoms with Crippen LogP contribution >= 0.6 is 0 Å². The third-order valence-electron chi connectivity index (χ3n) is 4.05. The minimum absolute atomic E-state index is 0.0947. The fourth-order valence-corrected chi connectivity index (χ4v) is 2.64. The van der Waals surface area contributed by atoms with Crippen LogP contribution in [0, 0.1) is 0 Å². The Balaban J connectivity index is 1.90. The summed E-state index contributed by atoms with van der Waals surface area (Å²) in [5.41, 5.74) is 9.26. The van der Waals surface area contributed by atoms with Crippen molar-refractivity contribution in [3.63, 3.8) is 0 Å². The summed E-state index contributed by atoms with van der Waals surface area (Å²) < 4.78 is 0. The molecule has 0 spiro atoms. The van der Waals surface area contributed by atoms with Crippen molar-refractivity contribution in [3.05, 3.63) is 29.8 Å². The minimum atomic E-state index is 0.0947. The van der Waals surface area contributed by atoms with Crippen LogP contribution in [0.5, 0.6) is 0 Å². The maximum Gasteiger partial charge on any atom is 0.0441 e. The molecule has 2 heteroatoms. The van der Waals surface area contributed by atoms with E-state index in [0.29, 0.717) is 6.04 Å². The van der Waals surface area contributed by atoms with Crippen LogP contribution in [-0.2, 0) is 6.42 Å². The summed E-state index contributed by atoms with van der Waals surface area (Å²) in [7, 11) is 0. The number of nitrogens with zero attached hydrogens (tertiary/aromatic N) is 1. The van der Waals surface area contributed by atoms with Crippen molar-refractivity contribution in [1.82, 2.24) is 0 Å². The molecule has 1 aliphatic heterocycles. The van der Waals surface area contributed by atoms with Gasteiger partial charge in [-0.1, -0.05) is 18.2 Å². The summed E-state index contributed by atoms with van der Waals surface area (Å²) >= 11 is 0. The molecule has 1 atom stereocenters. The molecule has 0 bridgehead atoms. The molecule has 1 unspecified atom stereocenters. The second kappa shape index (κ2) is 2.99. The van der Waals surface area contributed by atoms with Gasteiger partial charge in [0.15, 0.2) is 0 Å². The Morgan fingerprint density at radius 3 is 2.80 bits per heavy atom. The van der Waals surface area contributed by atoms with Gasteiger partial charge < -0.3 is 10.6 Å². The molecule has 1 aromatic rings. The molecule has 2 N–H and O–H groups in total. The van der Waals surface area contributed by atoms with E-state index >= 15 is 0 Å². The quantitative estimate of drug-likeness (QED) is 0.794. The van der Waals surface area contributed by atoms with Crippen molar-refractivity contribution in [2.24, 2.45) is 5.73 Å². The standard InChI is InChI=1S/C13H18N2/c1-10(13(14)7-8-13)15-9-6-11-4-2-3-5-12(11)15/h2-5,10H,6-9,14H2,1H3. The van der Waals surface area contributed by atoms with Gasteiger partial charge in [-0.2, -0.15) is 0 Å². The summed E-state index contributed by atoms with van der Waals surface area (Å²) in [4.78, 5) is 2.49. The number of hydrogen-bond acceptors (Lipinski definition) is 2. The zero-order valence-electron chi connectivity index (χ0n) is 9.24. The van der Waals surface area contributed by atoms with E-state index in [1.807, 2.05) is 0 Å². The van der Waals surface area contributed by atoms with Crippen LogP contribution in [0.2, 0.25) is 0 Å². The number of anilines is 1. The minimum Gasteiger partial charge on any atom is -0.366 e. The molecule has 3 rings (SSSR count). The lowest BCUT2D eigenvalue weighted by Gasteiger charge is -2.32. The molecule has 15 heavy (non-hydrogen) atoms. The van der Waals surface area contributed by atoms with Gasteiger partial charge in [0.2, 0.25) is 0 Å². The van der Waals surface area contributed by atoms with E-state index in [-0.39, 0.29) is 5.54 Å². The first-order valence-electron chi connectivity index (χ1n) is 5.84. The van der Waals surface area contributed by atoms with Crippen molar-refractivity contribution in [1.29, 1.82) is 0 Å². The second-order valence-electron chi connectivity index (χ2n) is 4.98. The van der Waals surface area contributed by atoms with E-state index in [4.69, 9.17) is 5.73 Å². The van der Waals surface area contributed by atoms with E-state index in [1.54, 1.807) is 0 Å². The second-order valence-corrected chi connectivity index (χ2v) is 4.98. The molecule has 1 saturated carbocycles. The molecule has 0 amide bonds. The van der Waals surface area contributed by atoms with E-state index < -0.39 is 0 Å². The molecule has 0 radical (unpaired) electrons. The van der Waals surface area contributed by atoms with Crippen molar-refractivity contribution >= 4 is 5.69 Å². The lowest BCUT2D eigenvalue weighted by atomic mass is 10.1. The Labute approximate surface area is 91.1 Å². The first kappa shape index (κ1) is 9.22. The molecule has 2 aliphatic rings. The average molecular weight is 202 g/mol. The Morgan fingerprint density at radius 1 is 1.33 bits per heavy atom. The van der Waals surface area contributed by atoms with Crippen molar-refractivity contribution in [2.75, 3.05) is 11.4 Å². The van der Waals surface area contributed by atoms with E-state index in [2.05, 4.69) is 36.1 Å². The van der Waals surface area contributed by atoms with Gasteiger partial charge in [-0.25, -0.2) is 0 Å². The normalized spacial score (nSPS) is 23.7.